The Balaban J connectivity index is 3.32. The molecule has 0 aliphatic rings. The van der Waals surface area contributed by atoms with Crippen LogP contribution in [0.5, 0.6) is 11.5 Å². The zero-order valence-corrected chi connectivity index (χ0v) is 10.5. The number of halogens is 2. The molecule has 76 valence electrons. The zero-order valence-electron chi connectivity index (χ0n) is 7.64. The molecule has 1 aromatic carbocycles. The van der Waals surface area contributed by atoms with E-state index in [1.54, 1.807) is 12.1 Å². The third-order valence-corrected chi connectivity index (χ3v) is 2.95. The summed E-state index contributed by atoms with van der Waals surface area (Å²) in [7, 11) is 3.05. The lowest BCUT2D eigenvalue weighted by Crippen LogP contribution is -1.97. The van der Waals surface area contributed by atoms with E-state index in [0.717, 1.165) is 3.57 Å². The molecule has 0 aromatic heterocycles. The molecule has 0 heterocycles. The highest BCUT2D eigenvalue weighted by molar-refractivity contribution is 14.1. The van der Waals surface area contributed by atoms with E-state index in [1.165, 1.54) is 14.2 Å². The number of carbonyl (C=O) groups excluding carboxylic acids is 1. The number of hydrogen-bond donors (Lipinski definition) is 0. The Morgan fingerprint density at radius 2 is 1.71 bits per heavy atom. The van der Waals surface area contributed by atoms with E-state index in [1.807, 2.05) is 0 Å². The normalized spacial score (nSPS) is 9.71. The molecule has 1 aromatic rings. The van der Waals surface area contributed by atoms with Gasteiger partial charge in [-0.05, 0) is 46.3 Å². The fraction of sp³-hybridized carbons (Fsp3) is 0.222. The predicted octanol–water partition coefficient (Wildman–Crippen LogP) is 2.69. The fourth-order valence-corrected chi connectivity index (χ4v) is 1.84. The highest BCUT2D eigenvalue weighted by atomic mass is 127. The maximum Gasteiger partial charge on any atom is 0.252 e. The molecule has 5 heteroatoms. The number of hydrogen-bond acceptors (Lipinski definition) is 3. The smallest absolute Gasteiger partial charge is 0.252 e. The Labute approximate surface area is 100 Å². The molecule has 0 unspecified atom stereocenters. The first-order chi connectivity index (χ1) is 6.60. The van der Waals surface area contributed by atoms with Crippen LogP contribution in [-0.2, 0) is 0 Å². The Bertz CT molecular complexity index is 340. The van der Waals surface area contributed by atoms with Gasteiger partial charge in [0.1, 0.15) is 11.5 Å². The molecule has 0 radical (unpaired) electrons. The van der Waals surface area contributed by atoms with Gasteiger partial charge in [0.25, 0.3) is 5.24 Å². The summed E-state index contributed by atoms with van der Waals surface area (Å²) in [6.07, 6.45) is 0. The first-order valence-corrected chi connectivity index (χ1v) is 5.17. The van der Waals surface area contributed by atoms with E-state index in [-0.39, 0.29) is 0 Å². The van der Waals surface area contributed by atoms with Gasteiger partial charge in [-0.1, -0.05) is 0 Å². The lowest BCUT2D eigenvalue weighted by molar-refractivity contribution is 0.108. The molecule has 0 N–H and O–H groups in total. The topological polar surface area (TPSA) is 35.5 Å². The van der Waals surface area contributed by atoms with E-state index < -0.39 is 5.24 Å². The number of ether oxygens (including phenoxy) is 2. The highest BCUT2D eigenvalue weighted by Crippen LogP contribution is 2.32. The van der Waals surface area contributed by atoms with Gasteiger partial charge in [0, 0.05) is 5.56 Å². The van der Waals surface area contributed by atoms with Gasteiger partial charge in [-0.25, -0.2) is 0 Å². The summed E-state index contributed by atoms with van der Waals surface area (Å²) < 4.78 is 11.0. The van der Waals surface area contributed by atoms with Crippen LogP contribution in [-0.4, -0.2) is 19.5 Å². The number of carbonyl (C=O) groups is 1. The predicted molar refractivity (Wildman–Crippen MR) is 62.4 cm³/mol. The van der Waals surface area contributed by atoms with E-state index in [2.05, 4.69) is 22.6 Å². The van der Waals surface area contributed by atoms with Gasteiger partial charge in [-0.15, -0.1) is 0 Å². The third-order valence-electron chi connectivity index (χ3n) is 1.67. The van der Waals surface area contributed by atoms with Crippen molar-refractivity contribution in [1.82, 2.24) is 0 Å². The Hall–Kier alpha value is -0.490. The Kier molecular flexibility index (Phi) is 4.00. The first kappa shape index (κ1) is 11.6. The van der Waals surface area contributed by atoms with E-state index in [9.17, 15) is 4.79 Å². The van der Waals surface area contributed by atoms with Crippen LogP contribution in [0.15, 0.2) is 12.1 Å². The van der Waals surface area contributed by atoms with Crippen LogP contribution in [0.1, 0.15) is 10.4 Å². The largest absolute Gasteiger partial charge is 0.495 e. The molecule has 0 spiro atoms. The summed E-state index contributed by atoms with van der Waals surface area (Å²) in [5.74, 6) is 1.16. The average Bonchev–Trinajstić information content (AvgIpc) is 2.17. The van der Waals surface area contributed by atoms with Crippen molar-refractivity contribution in [1.29, 1.82) is 0 Å². The molecule has 0 aliphatic heterocycles. The van der Waals surface area contributed by atoms with Crippen molar-refractivity contribution in [3.05, 3.63) is 21.3 Å². The summed E-state index contributed by atoms with van der Waals surface area (Å²) in [5, 5.41) is -0.530. The molecule has 1 rings (SSSR count). The van der Waals surface area contributed by atoms with Gasteiger partial charge in [0.05, 0.1) is 17.8 Å². The molecular weight excluding hydrogens is 318 g/mol. The van der Waals surface area contributed by atoms with E-state index in [0.29, 0.717) is 17.1 Å². The molecule has 14 heavy (non-hydrogen) atoms. The minimum absolute atomic E-state index is 0.362. The maximum atomic E-state index is 10.9. The van der Waals surface area contributed by atoms with Gasteiger partial charge in [0.2, 0.25) is 0 Å². The standard InChI is InChI=1S/C9H8ClIO3/c1-13-6-3-5(9(10)12)4-7(14-2)8(6)11/h3-4H,1-2H3. The number of rotatable bonds is 3. The molecular formula is C9H8ClIO3. The lowest BCUT2D eigenvalue weighted by atomic mass is 10.2. The quantitative estimate of drug-likeness (QED) is 0.633. The Morgan fingerprint density at radius 1 is 1.29 bits per heavy atom. The minimum Gasteiger partial charge on any atom is -0.495 e. The maximum absolute atomic E-state index is 10.9. The lowest BCUT2D eigenvalue weighted by Gasteiger charge is -2.09. The van der Waals surface area contributed by atoms with Gasteiger partial charge in [-0.2, -0.15) is 0 Å². The summed E-state index contributed by atoms with van der Waals surface area (Å²) in [6, 6.07) is 3.17. The molecule has 0 saturated heterocycles. The molecule has 0 amide bonds. The highest BCUT2D eigenvalue weighted by Gasteiger charge is 2.12. The molecule has 0 saturated carbocycles. The van der Waals surface area contributed by atoms with Crippen LogP contribution in [0.4, 0.5) is 0 Å². The van der Waals surface area contributed by atoms with Gasteiger partial charge in [-0.3, -0.25) is 4.79 Å². The zero-order chi connectivity index (χ0) is 10.7. The SMILES string of the molecule is COc1cc(C(=O)Cl)cc(OC)c1I. The second kappa shape index (κ2) is 4.84. The van der Waals surface area contributed by atoms with Crippen LogP contribution < -0.4 is 9.47 Å². The van der Waals surface area contributed by atoms with Crippen molar-refractivity contribution in [3.63, 3.8) is 0 Å². The monoisotopic (exact) mass is 326 g/mol. The van der Waals surface area contributed by atoms with Crippen molar-refractivity contribution in [2.75, 3.05) is 14.2 Å². The minimum atomic E-state index is -0.530. The third kappa shape index (κ3) is 2.30. The summed E-state index contributed by atoms with van der Waals surface area (Å²) in [5.41, 5.74) is 0.362. The average molecular weight is 327 g/mol. The molecule has 0 atom stereocenters. The second-order valence-electron chi connectivity index (χ2n) is 2.47. The molecule has 0 fully saturated rings. The van der Waals surface area contributed by atoms with Gasteiger partial charge in [0.15, 0.2) is 0 Å². The second-order valence-corrected chi connectivity index (χ2v) is 3.89. The van der Waals surface area contributed by atoms with Crippen LogP contribution >= 0.6 is 34.2 Å². The van der Waals surface area contributed by atoms with Gasteiger partial charge < -0.3 is 9.47 Å². The summed E-state index contributed by atoms with van der Waals surface area (Å²) in [6.45, 7) is 0. The number of benzene rings is 1. The molecule has 0 bridgehead atoms. The van der Waals surface area contributed by atoms with Crippen molar-refractivity contribution in [3.8, 4) is 11.5 Å². The van der Waals surface area contributed by atoms with Crippen molar-refractivity contribution >= 4 is 39.4 Å². The first-order valence-electron chi connectivity index (χ1n) is 3.71. The summed E-state index contributed by atoms with van der Waals surface area (Å²) in [4.78, 5) is 10.9. The van der Waals surface area contributed by atoms with Crippen LogP contribution in [0.2, 0.25) is 0 Å². The van der Waals surface area contributed by atoms with Crippen LogP contribution in [0.25, 0.3) is 0 Å². The van der Waals surface area contributed by atoms with Crippen LogP contribution in [0, 0.1) is 3.57 Å². The van der Waals surface area contributed by atoms with Gasteiger partial charge >= 0.3 is 0 Å². The molecule has 3 nitrogen and oxygen atoms in total. The number of methoxy groups -OCH3 is 2. The molecule has 0 aliphatic carbocycles. The van der Waals surface area contributed by atoms with Crippen LogP contribution in [0.3, 0.4) is 0 Å². The van der Waals surface area contributed by atoms with Crippen molar-refractivity contribution in [2.45, 2.75) is 0 Å². The fourth-order valence-electron chi connectivity index (χ4n) is 0.983. The Morgan fingerprint density at radius 3 is 2.00 bits per heavy atom. The van der Waals surface area contributed by atoms with E-state index in [4.69, 9.17) is 21.1 Å². The van der Waals surface area contributed by atoms with Crippen molar-refractivity contribution < 1.29 is 14.3 Å². The van der Waals surface area contributed by atoms with E-state index >= 15 is 0 Å². The summed E-state index contributed by atoms with van der Waals surface area (Å²) >= 11 is 7.44. The van der Waals surface area contributed by atoms with Crippen molar-refractivity contribution in [2.24, 2.45) is 0 Å².